The molecule has 1 nitrogen and oxygen atoms in total. The molecule has 0 spiro atoms. The number of aromatic nitrogens is 1. The number of nitrogens with zero attached hydrogens (tertiary/aromatic N) is 1. The van der Waals surface area contributed by atoms with Gasteiger partial charge in [-0.15, -0.1) is 12.4 Å². The highest BCUT2D eigenvalue weighted by Crippen LogP contribution is 2.22. The first-order valence-electron chi connectivity index (χ1n) is 6.22. The van der Waals surface area contributed by atoms with Crippen molar-refractivity contribution in [2.45, 2.75) is 13.0 Å². The van der Waals surface area contributed by atoms with Gasteiger partial charge in [0.1, 0.15) is 0 Å². The lowest BCUT2D eigenvalue weighted by atomic mass is 10.1. The van der Waals surface area contributed by atoms with E-state index in [1.165, 1.54) is 10.9 Å². The van der Waals surface area contributed by atoms with E-state index in [1.54, 1.807) is 6.07 Å². The van der Waals surface area contributed by atoms with Crippen LogP contribution in [0.1, 0.15) is 5.56 Å². The summed E-state index contributed by atoms with van der Waals surface area (Å²) in [7, 11) is 0. The summed E-state index contributed by atoms with van der Waals surface area (Å²) in [5, 5.41) is 2.69. The third kappa shape index (κ3) is 3.12. The van der Waals surface area contributed by atoms with E-state index < -0.39 is 0 Å². The van der Waals surface area contributed by atoms with E-state index in [0.717, 1.165) is 23.6 Å². The van der Waals surface area contributed by atoms with Crippen LogP contribution in [-0.4, -0.2) is 4.57 Å². The lowest BCUT2D eigenvalue weighted by molar-refractivity contribution is 0.723. The van der Waals surface area contributed by atoms with Crippen LogP contribution in [0.25, 0.3) is 10.9 Å². The molecule has 0 amide bonds. The van der Waals surface area contributed by atoms with Gasteiger partial charge in [-0.1, -0.05) is 47.5 Å². The fourth-order valence-electron chi connectivity index (χ4n) is 2.30. The summed E-state index contributed by atoms with van der Waals surface area (Å²) in [5.41, 5.74) is 2.39. The second-order valence-corrected chi connectivity index (χ2v) is 5.40. The summed E-state index contributed by atoms with van der Waals surface area (Å²) < 4.78 is 2.25. The van der Waals surface area contributed by atoms with Crippen molar-refractivity contribution in [2.75, 3.05) is 0 Å². The van der Waals surface area contributed by atoms with E-state index in [4.69, 9.17) is 23.2 Å². The van der Waals surface area contributed by atoms with Gasteiger partial charge in [0.15, 0.2) is 0 Å². The number of halogens is 3. The molecule has 0 unspecified atom stereocenters. The maximum Gasteiger partial charge on any atom is 0.0480 e. The molecule has 104 valence electrons. The number of benzene rings is 2. The number of fused-ring (bicyclic) bond motifs is 1. The third-order valence-corrected chi connectivity index (χ3v) is 3.90. The fourth-order valence-corrected chi connectivity index (χ4v) is 2.80. The largest absolute Gasteiger partial charge is 0.347 e. The first-order chi connectivity index (χ1) is 9.24. The number of rotatable bonds is 3. The Labute approximate surface area is 134 Å². The normalized spacial score (nSPS) is 10.5. The molecular formula is C16H14Cl3N. The molecule has 0 aliphatic carbocycles. The molecule has 0 saturated carbocycles. The maximum atomic E-state index is 6.19. The lowest BCUT2D eigenvalue weighted by Gasteiger charge is -2.07. The van der Waals surface area contributed by atoms with E-state index in [0.29, 0.717) is 5.02 Å². The second-order valence-electron chi connectivity index (χ2n) is 4.55. The van der Waals surface area contributed by atoms with Crippen molar-refractivity contribution in [3.63, 3.8) is 0 Å². The summed E-state index contributed by atoms with van der Waals surface area (Å²) in [6, 6.07) is 16.2. The molecule has 2 aromatic carbocycles. The number of hydrogen-bond donors (Lipinski definition) is 0. The van der Waals surface area contributed by atoms with Crippen LogP contribution >= 0.6 is 35.6 Å². The predicted octanol–water partition coefficient (Wildman–Crippen LogP) is 5.61. The average molecular weight is 327 g/mol. The minimum atomic E-state index is 0. The van der Waals surface area contributed by atoms with Gasteiger partial charge >= 0.3 is 0 Å². The SMILES string of the molecule is Cl.Clc1ccc(CCn2ccc3ccccc32)c(Cl)c1. The van der Waals surface area contributed by atoms with Gasteiger partial charge in [0.05, 0.1) is 0 Å². The molecule has 4 heteroatoms. The lowest BCUT2D eigenvalue weighted by Crippen LogP contribution is -2.00. The van der Waals surface area contributed by atoms with E-state index in [-0.39, 0.29) is 12.4 Å². The van der Waals surface area contributed by atoms with Crippen molar-refractivity contribution in [1.82, 2.24) is 4.57 Å². The zero-order valence-corrected chi connectivity index (χ0v) is 13.1. The second kappa shape index (κ2) is 6.53. The Morgan fingerprint density at radius 1 is 0.950 bits per heavy atom. The quantitative estimate of drug-likeness (QED) is 0.589. The highest BCUT2D eigenvalue weighted by molar-refractivity contribution is 6.35. The first-order valence-corrected chi connectivity index (χ1v) is 6.97. The van der Waals surface area contributed by atoms with Crippen LogP contribution in [0.15, 0.2) is 54.7 Å². The van der Waals surface area contributed by atoms with E-state index in [9.17, 15) is 0 Å². The number of hydrogen-bond acceptors (Lipinski definition) is 0. The van der Waals surface area contributed by atoms with Crippen molar-refractivity contribution in [1.29, 1.82) is 0 Å². The Hall–Kier alpha value is -1.15. The molecular weight excluding hydrogens is 313 g/mol. The molecule has 0 radical (unpaired) electrons. The van der Waals surface area contributed by atoms with Crippen LogP contribution in [0, 0.1) is 0 Å². The Balaban J connectivity index is 0.00000147. The smallest absolute Gasteiger partial charge is 0.0480 e. The van der Waals surface area contributed by atoms with E-state index >= 15 is 0 Å². The molecule has 0 aliphatic rings. The summed E-state index contributed by atoms with van der Waals surface area (Å²) in [5.74, 6) is 0. The minimum absolute atomic E-state index is 0. The highest BCUT2D eigenvalue weighted by Gasteiger charge is 2.04. The zero-order chi connectivity index (χ0) is 13.2. The number of aryl methyl sites for hydroxylation is 2. The van der Waals surface area contributed by atoms with Crippen LogP contribution in [0.4, 0.5) is 0 Å². The van der Waals surface area contributed by atoms with E-state index in [2.05, 4.69) is 41.1 Å². The molecule has 0 aliphatic heterocycles. The Morgan fingerprint density at radius 2 is 1.75 bits per heavy atom. The van der Waals surface area contributed by atoms with Gasteiger partial charge < -0.3 is 4.57 Å². The molecule has 3 aromatic rings. The van der Waals surface area contributed by atoms with Gasteiger partial charge in [-0.3, -0.25) is 0 Å². The maximum absolute atomic E-state index is 6.19. The van der Waals surface area contributed by atoms with Crippen molar-refractivity contribution < 1.29 is 0 Å². The van der Waals surface area contributed by atoms with Gasteiger partial charge in [0, 0.05) is 28.3 Å². The van der Waals surface area contributed by atoms with Gasteiger partial charge in [0.2, 0.25) is 0 Å². The van der Waals surface area contributed by atoms with Crippen LogP contribution in [0.5, 0.6) is 0 Å². The molecule has 1 aromatic heterocycles. The first kappa shape index (κ1) is 15.2. The molecule has 0 saturated heterocycles. The highest BCUT2D eigenvalue weighted by atomic mass is 35.5. The van der Waals surface area contributed by atoms with Crippen LogP contribution in [0.2, 0.25) is 10.0 Å². The zero-order valence-electron chi connectivity index (χ0n) is 10.7. The standard InChI is InChI=1S/C16H13Cl2N.ClH/c17-14-6-5-12(15(18)11-14)7-9-19-10-8-13-3-1-2-4-16(13)19;/h1-6,8,10-11H,7,9H2;1H. The molecule has 20 heavy (non-hydrogen) atoms. The van der Waals surface area contributed by atoms with Crippen molar-refractivity contribution in [2.24, 2.45) is 0 Å². The molecule has 0 N–H and O–H groups in total. The summed E-state index contributed by atoms with van der Waals surface area (Å²) >= 11 is 12.1. The van der Waals surface area contributed by atoms with E-state index in [1.807, 2.05) is 12.1 Å². The summed E-state index contributed by atoms with van der Waals surface area (Å²) in [4.78, 5) is 0. The van der Waals surface area contributed by atoms with Crippen LogP contribution in [-0.2, 0) is 13.0 Å². The molecule has 0 bridgehead atoms. The Morgan fingerprint density at radius 3 is 2.55 bits per heavy atom. The summed E-state index contributed by atoms with van der Waals surface area (Å²) in [6.45, 7) is 0.912. The van der Waals surface area contributed by atoms with Crippen LogP contribution < -0.4 is 0 Å². The van der Waals surface area contributed by atoms with Crippen molar-refractivity contribution in [3.05, 3.63) is 70.3 Å². The topological polar surface area (TPSA) is 4.93 Å². The van der Waals surface area contributed by atoms with Gasteiger partial charge in [-0.2, -0.15) is 0 Å². The fraction of sp³-hybridized carbons (Fsp3) is 0.125. The van der Waals surface area contributed by atoms with Gasteiger partial charge in [-0.05, 0) is 41.6 Å². The third-order valence-electron chi connectivity index (χ3n) is 3.32. The van der Waals surface area contributed by atoms with Gasteiger partial charge in [0.25, 0.3) is 0 Å². The Kier molecular flexibility index (Phi) is 4.98. The van der Waals surface area contributed by atoms with Gasteiger partial charge in [-0.25, -0.2) is 0 Å². The monoisotopic (exact) mass is 325 g/mol. The predicted molar refractivity (Wildman–Crippen MR) is 89.4 cm³/mol. The number of para-hydroxylation sites is 1. The van der Waals surface area contributed by atoms with Crippen molar-refractivity contribution >= 4 is 46.5 Å². The minimum Gasteiger partial charge on any atom is -0.347 e. The molecule has 0 fully saturated rings. The summed E-state index contributed by atoms with van der Waals surface area (Å²) in [6.07, 6.45) is 3.02. The molecule has 0 atom stereocenters. The average Bonchev–Trinajstić information content (AvgIpc) is 2.81. The van der Waals surface area contributed by atoms with Crippen LogP contribution in [0.3, 0.4) is 0 Å². The Bertz CT molecular complexity index is 719. The van der Waals surface area contributed by atoms with Crippen molar-refractivity contribution in [3.8, 4) is 0 Å². The molecule has 1 heterocycles. The molecule has 3 rings (SSSR count).